The second-order valence-corrected chi connectivity index (χ2v) is 7.92. The summed E-state index contributed by atoms with van der Waals surface area (Å²) in [5.74, 6) is -0.104. The molecule has 3 heterocycles. The Bertz CT molecular complexity index is 1180. The number of aryl methyl sites for hydroxylation is 1. The van der Waals surface area contributed by atoms with Crippen LogP contribution in [-0.4, -0.2) is 65.2 Å². The van der Waals surface area contributed by atoms with Crippen LogP contribution in [0.2, 0.25) is 0 Å². The fraction of sp³-hybridized carbons (Fsp3) is 0.250. The normalized spacial score (nSPS) is 16.2. The number of piperazine rings is 1. The molecular formula is C24H22N4O3. The Morgan fingerprint density at radius 3 is 2.19 bits per heavy atom. The van der Waals surface area contributed by atoms with Gasteiger partial charge in [-0.2, -0.15) is 0 Å². The molecule has 156 valence electrons. The fourth-order valence-corrected chi connectivity index (χ4v) is 4.30. The van der Waals surface area contributed by atoms with E-state index in [1.54, 1.807) is 29.2 Å². The number of benzene rings is 2. The summed E-state index contributed by atoms with van der Waals surface area (Å²) in [5.41, 5.74) is 2.86. The van der Waals surface area contributed by atoms with Gasteiger partial charge in [0.1, 0.15) is 12.4 Å². The van der Waals surface area contributed by atoms with Crippen molar-refractivity contribution < 1.29 is 14.4 Å². The molecule has 0 unspecified atom stereocenters. The predicted octanol–water partition coefficient (Wildman–Crippen LogP) is 2.49. The SMILES string of the molecule is Cc1cc(N2CCN(C(=O)CN3C(=O)c4ccccc4C3=O)CC2)nc2ccccc12. The second-order valence-electron chi connectivity index (χ2n) is 7.92. The van der Waals surface area contributed by atoms with Crippen molar-refractivity contribution in [1.29, 1.82) is 0 Å². The van der Waals surface area contributed by atoms with Gasteiger partial charge in [-0.15, -0.1) is 0 Å². The number of anilines is 1. The quantitative estimate of drug-likeness (QED) is 0.616. The molecule has 31 heavy (non-hydrogen) atoms. The molecule has 5 rings (SSSR count). The third-order valence-corrected chi connectivity index (χ3v) is 6.04. The number of pyridine rings is 1. The van der Waals surface area contributed by atoms with Crippen LogP contribution in [0, 0.1) is 6.92 Å². The van der Waals surface area contributed by atoms with Gasteiger partial charge in [0, 0.05) is 31.6 Å². The van der Waals surface area contributed by atoms with E-state index in [0.29, 0.717) is 37.3 Å². The maximum atomic E-state index is 12.8. The zero-order valence-corrected chi connectivity index (χ0v) is 17.2. The third kappa shape index (κ3) is 3.32. The van der Waals surface area contributed by atoms with Crippen molar-refractivity contribution in [1.82, 2.24) is 14.8 Å². The summed E-state index contributed by atoms with van der Waals surface area (Å²) in [6.45, 7) is 4.21. The smallest absolute Gasteiger partial charge is 0.262 e. The molecule has 0 N–H and O–H groups in total. The molecule has 0 saturated carbocycles. The van der Waals surface area contributed by atoms with E-state index < -0.39 is 11.8 Å². The highest BCUT2D eigenvalue weighted by molar-refractivity contribution is 6.22. The second kappa shape index (κ2) is 7.50. The number of carbonyl (C=O) groups excluding carboxylic acids is 3. The standard InChI is InChI=1S/C24H22N4O3/c1-16-14-21(25-20-9-5-4-6-17(16)20)26-10-12-27(13-11-26)22(29)15-28-23(30)18-7-2-3-8-19(18)24(28)31/h2-9,14H,10-13,15H2,1H3. The number of imide groups is 1. The van der Waals surface area contributed by atoms with Gasteiger partial charge in [0.05, 0.1) is 16.6 Å². The number of rotatable bonds is 3. The summed E-state index contributed by atoms with van der Waals surface area (Å²) in [7, 11) is 0. The zero-order valence-electron chi connectivity index (χ0n) is 17.2. The van der Waals surface area contributed by atoms with E-state index in [1.807, 2.05) is 18.2 Å². The fourth-order valence-electron chi connectivity index (χ4n) is 4.30. The van der Waals surface area contributed by atoms with Crippen LogP contribution >= 0.6 is 0 Å². The van der Waals surface area contributed by atoms with Gasteiger partial charge in [-0.1, -0.05) is 30.3 Å². The molecule has 0 bridgehead atoms. The first-order valence-electron chi connectivity index (χ1n) is 10.4. The molecule has 2 aromatic carbocycles. The van der Waals surface area contributed by atoms with Crippen LogP contribution in [0.4, 0.5) is 5.82 Å². The Morgan fingerprint density at radius 2 is 1.52 bits per heavy atom. The largest absolute Gasteiger partial charge is 0.353 e. The van der Waals surface area contributed by atoms with Crippen LogP contribution in [0.15, 0.2) is 54.6 Å². The van der Waals surface area contributed by atoms with Gasteiger partial charge >= 0.3 is 0 Å². The number of hydrogen-bond acceptors (Lipinski definition) is 5. The Balaban J connectivity index is 1.25. The average Bonchev–Trinajstić information content (AvgIpc) is 3.04. The van der Waals surface area contributed by atoms with E-state index >= 15 is 0 Å². The number of hydrogen-bond donors (Lipinski definition) is 0. The summed E-state index contributed by atoms with van der Waals surface area (Å²) in [5, 5.41) is 1.14. The minimum atomic E-state index is -0.400. The first-order chi connectivity index (χ1) is 15.0. The number of amides is 3. The lowest BCUT2D eigenvalue weighted by Gasteiger charge is -2.36. The van der Waals surface area contributed by atoms with Crippen LogP contribution in [-0.2, 0) is 4.79 Å². The molecular weight excluding hydrogens is 392 g/mol. The minimum Gasteiger partial charge on any atom is -0.353 e. The lowest BCUT2D eigenvalue weighted by atomic mass is 10.1. The van der Waals surface area contributed by atoms with E-state index in [1.165, 1.54) is 5.56 Å². The van der Waals surface area contributed by atoms with E-state index in [2.05, 4.69) is 24.0 Å². The van der Waals surface area contributed by atoms with Gasteiger partial charge in [0.2, 0.25) is 5.91 Å². The Labute approximate surface area is 179 Å². The van der Waals surface area contributed by atoms with Gasteiger partial charge in [0.15, 0.2) is 0 Å². The predicted molar refractivity (Wildman–Crippen MR) is 117 cm³/mol. The summed E-state index contributed by atoms with van der Waals surface area (Å²) in [6.07, 6.45) is 0. The lowest BCUT2D eigenvalue weighted by molar-refractivity contribution is -0.131. The number of carbonyl (C=O) groups is 3. The summed E-state index contributed by atoms with van der Waals surface area (Å²) < 4.78 is 0. The van der Waals surface area contributed by atoms with Gasteiger partial charge < -0.3 is 9.80 Å². The monoisotopic (exact) mass is 414 g/mol. The highest BCUT2D eigenvalue weighted by atomic mass is 16.2. The molecule has 0 atom stereocenters. The van der Waals surface area contributed by atoms with Crippen LogP contribution < -0.4 is 4.90 Å². The van der Waals surface area contributed by atoms with Crippen LogP contribution in [0.5, 0.6) is 0 Å². The molecule has 7 nitrogen and oxygen atoms in total. The third-order valence-electron chi connectivity index (χ3n) is 6.04. The lowest BCUT2D eigenvalue weighted by Crippen LogP contribution is -2.52. The molecule has 0 aliphatic carbocycles. The molecule has 1 saturated heterocycles. The van der Waals surface area contributed by atoms with E-state index in [-0.39, 0.29) is 12.5 Å². The van der Waals surface area contributed by atoms with Gasteiger partial charge in [-0.25, -0.2) is 4.98 Å². The van der Waals surface area contributed by atoms with Crippen molar-refractivity contribution in [3.05, 3.63) is 71.3 Å². The first-order valence-corrected chi connectivity index (χ1v) is 10.4. The highest BCUT2D eigenvalue weighted by Crippen LogP contribution is 2.24. The average molecular weight is 414 g/mol. The van der Waals surface area contributed by atoms with E-state index in [0.717, 1.165) is 21.6 Å². The molecule has 0 radical (unpaired) electrons. The van der Waals surface area contributed by atoms with Gasteiger partial charge in [-0.3, -0.25) is 19.3 Å². The Hall–Kier alpha value is -3.74. The molecule has 2 aliphatic rings. The van der Waals surface area contributed by atoms with E-state index in [4.69, 9.17) is 4.98 Å². The van der Waals surface area contributed by atoms with Crippen molar-refractivity contribution >= 4 is 34.4 Å². The molecule has 3 aromatic rings. The van der Waals surface area contributed by atoms with Crippen molar-refractivity contribution in [2.75, 3.05) is 37.6 Å². The maximum absolute atomic E-state index is 12.8. The van der Waals surface area contributed by atoms with Crippen LogP contribution in [0.25, 0.3) is 10.9 Å². The van der Waals surface area contributed by atoms with Crippen LogP contribution in [0.3, 0.4) is 0 Å². The van der Waals surface area contributed by atoms with Crippen LogP contribution in [0.1, 0.15) is 26.3 Å². The number of para-hydroxylation sites is 1. The Morgan fingerprint density at radius 1 is 0.903 bits per heavy atom. The van der Waals surface area contributed by atoms with Gasteiger partial charge in [0.25, 0.3) is 11.8 Å². The summed E-state index contributed by atoms with van der Waals surface area (Å²) >= 11 is 0. The topological polar surface area (TPSA) is 73.8 Å². The number of aromatic nitrogens is 1. The van der Waals surface area contributed by atoms with Crippen molar-refractivity contribution in [3.8, 4) is 0 Å². The molecule has 0 spiro atoms. The van der Waals surface area contributed by atoms with Crippen molar-refractivity contribution in [3.63, 3.8) is 0 Å². The number of nitrogens with zero attached hydrogens (tertiary/aromatic N) is 4. The van der Waals surface area contributed by atoms with Crippen molar-refractivity contribution in [2.24, 2.45) is 0 Å². The molecule has 3 amide bonds. The minimum absolute atomic E-state index is 0.211. The molecule has 7 heteroatoms. The summed E-state index contributed by atoms with van der Waals surface area (Å²) in [6, 6.07) is 16.8. The first kappa shape index (κ1) is 19.2. The zero-order chi connectivity index (χ0) is 21.5. The molecule has 2 aliphatic heterocycles. The maximum Gasteiger partial charge on any atom is 0.262 e. The summed E-state index contributed by atoms with van der Waals surface area (Å²) in [4.78, 5) is 47.6. The highest BCUT2D eigenvalue weighted by Gasteiger charge is 2.37. The Kier molecular flexibility index (Phi) is 4.66. The van der Waals surface area contributed by atoms with Crippen molar-refractivity contribution in [2.45, 2.75) is 6.92 Å². The molecule has 1 fully saturated rings. The van der Waals surface area contributed by atoms with E-state index in [9.17, 15) is 14.4 Å². The molecule has 1 aromatic heterocycles. The van der Waals surface area contributed by atoms with Gasteiger partial charge in [-0.05, 0) is 36.8 Å². The number of fused-ring (bicyclic) bond motifs is 2.